The Morgan fingerprint density at radius 1 is 0.971 bits per heavy atom. The van der Waals surface area contributed by atoms with Crippen LogP contribution in [0.25, 0.3) is 11.1 Å². The van der Waals surface area contributed by atoms with E-state index >= 15 is 0 Å². The number of nitrogens with zero attached hydrogens (tertiary/aromatic N) is 2. The summed E-state index contributed by atoms with van der Waals surface area (Å²) >= 11 is 0. The van der Waals surface area contributed by atoms with Gasteiger partial charge in [-0.2, -0.15) is 13.2 Å². The zero-order chi connectivity index (χ0) is 25.6. The second-order valence-corrected chi connectivity index (χ2v) is 8.33. The van der Waals surface area contributed by atoms with Crippen molar-refractivity contribution in [2.45, 2.75) is 65.2 Å². The van der Waals surface area contributed by atoms with Crippen LogP contribution in [-0.4, -0.2) is 20.4 Å². The van der Waals surface area contributed by atoms with Gasteiger partial charge in [0.05, 0.1) is 12.2 Å². The summed E-state index contributed by atoms with van der Waals surface area (Å²) < 4.78 is 49.1. The molecule has 188 valence electrons. The van der Waals surface area contributed by atoms with Crippen molar-refractivity contribution in [3.63, 3.8) is 0 Å². The van der Waals surface area contributed by atoms with Crippen LogP contribution in [0.4, 0.5) is 18.0 Å². The first kappa shape index (κ1) is 26.1. The largest absolute Gasteiger partial charge is 0.511 e. The smallest absolute Gasteiger partial charge is 0.449 e. The number of imidazole rings is 1. The van der Waals surface area contributed by atoms with E-state index in [0.29, 0.717) is 42.4 Å². The van der Waals surface area contributed by atoms with Gasteiger partial charge in [0, 0.05) is 12.1 Å². The summed E-state index contributed by atoms with van der Waals surface area (Å²) in [6, 6.07) is 13.6. The summed E-state index contributed by atoms with van der Waals surface area (Å²) in [6.45, 7) is 3.80. The molecular weight excluding hydrogens is 461 g/mol. The van der Waals surface area contributed by atoms with Crippen molar-refractivity contribution in [1.82, 2.24) is 9.13 Å². The highest BCUT2D eigenvalue weighted by Crippen LogP contribution is 2.34. The Morgan fingerprint density at radius 3 is 2.23 bits per heavy atom. The molecule has 0 fully saturated rings. The van der Waals surface area contributed by atoms with Crippen molar-refractivity contribution >= 4 is 6.16 Å². The second-order valence-electron chi connectivity index (χ2n) is 8.33. The highest BCUT2D eigenvalue weighted by Gasteiger charge is 2.40. The maximum atomic E-state index is 14.0. The third-order valence-electron chi connectivity index (χ3n) is 5.79. The van der Waals surface area contributed by atoms with Gasteiger partial charge in [-0.05, 0) is 36.5 Å². The van der Waals surface area contributed by atoms with E-state index in [0.717, 1.165) is 4.57 Å². The summed E-state index contributed by atoms with van der Waals surface area (Å²) in [6.07, 6.45) is -3.49. The molecule has 1 heterocycles. The van der Waals surface area contributed by atoms with Gasteiger partial charge in [-0.1, -0.05) is 69.2 Å². The molecule has 0 radical (unpaired) electrons. The van der Waals surface area contributed by atoms with E-state index in [4.69, 9.17) is 9.84 Å². The Bertz CT molecular complexity index is 1210. The Morgan fingerprint density at radius 2 is 1.63 bits per heavy atom. The summed E-state index contributed by atoms with van der Waals surface area (Å²) in [4.78, 5) is 24.1. The molecule has 0 aliphatic rings. The van der Waals surface area contributed by atoms with E-state index in [1.807, 2.05) is 13.8 Å². The molecule has 9 heteroatoms. The Hall–Kier alpha value is -3.49. The average molecular weight is 491 g/mol. The van der Waals surface area contributed by atoms with Crippen LogP contribution in [0.5, 0.6) is 5.75 Å². The number of alkyl halides is 3. The average Bonchev–Trinajstić information content (AvgIpc) is 3.07. The van der Waals surface area contributed by atoms with Gasteiger partial charge in [0.25, 0.3) is 0 Å². The van der Waals surface area contributed by atoms with Crippen molar-refractivity contribution in [2.75, 3.05) is 0 Å². The predicted molar refractivity (Wildman–Crippen MR) is 127 cm³/mol. The molecule has 0 aliphatic carbocycles. The number of hydrogen-bond donors (Lipinski definition) is 1. The minimum atomic E-state index is -4.63. The van der Waals surface area contributed by atoms with Crippen LogP contribution in [-0.2, 0) is 25.7 Å². The van der Waals surface area contributed by atoms with Crippen molar-refractivity contribution in [1.29, 1.82) is 0 Å². The first-order valence-electron chi connectivity index (χ1n) is 11.7. The molecule has 1 N–H and O–H groups in total. The lowest BCUT2D eigenvalue weighted by atomic mass is 10.0. The van der Waals surface area contributed by atoms with Crippen LogP contribution in [0.1, 0.15) is 56.5 Å². The van der Waals surface area contributed by atoms with Crippen LogP contribution in [0.2, 0.25) is 0 Å². The molecule has 0 bridgehead atoms. The molecule has 6 nitrogen and oxygen atoms in total. The number of rotatable bonds is 10. The second kappa shape index (κ2) is 11.3. The normalized spacial score (nSPS) is 11.6. The van der Waals surface area contributed by atoms with Crippen molar-refractivity contribution < 1.29 is 27.8 Å². The third kappa shape index (κ3) is 6.15. The standard InChI is InChI=1S/C26H29F3N2O4/c1-3-5-10-21-23(26(27,28)29)30(16-6-4-2)24(32)31(21)17-18-12-14-19(15-13-18)20-9-7-8-11-22(20)35-25(33)34/h7-9,11-15H,3-6,10,16-17H2,1-2H3,(H,33,34). The van der Waals surface area contributed by atoms with Crippen LogP contribution in [0, 0.1) is 0 Å². The van der Waals surface area contributed by atoms with Crippen LogP contribution in [0.15, 0.2) is 53.3 Å². The summed E-state index contributed by atoms with van der Waals surface area (Å²) in [5, 5.41) is 8.96. The Balaban J connectivity index is 2.00. The van der Waals surface area contributed by atoms with Crippen molar-refractivity contribution in [3.05, 3.63) is 76.0 Å². The van der Waals surface area contributed by atoms with Gasteiger partial charge >= 0.3 is 18.0 Å². The van der Waals surface area contributed by atoms with Crippen LogP contribution in [0.3, 0.4) is 0 Å². The zero-order valence-electron chi connectivity index (χ0n) is 19.8. The Kier molecular flexibility index (Phi) is 8.43. The Labute approximate surface area is 201 Å². The third-order valence-corrected chi connectivity index (χ3v) is 5.79. The van der Waals surface area contributed by atoms with E-state index < -0.39 is 23.7 Å². The number of para-hydroxylation sites is 1. The minimum absolute atomic E-state index is 0.00758. The number of hydrogen-bond acceptors (Lipinski definition) is 3. The summed E-state index contributed by atoms with van der Waals surface area (Å²) in [7, 11) is 0. The first-order chi connectivity index (χ1) is 16.7. The lowest BCUT2D eigenvalue weighted by molar-refractivity contribution is -0.144. The number of halogens is 3. The highest BCUT2D eigenvalue weighted by atomic mass is 19.4. The van der Waals surface area contributed by atoms with E-state index in [9.17, 15) is 22.8 Å². The van der Waals surface area contributed by atoms with E-state index in [-0.39, 0.29) is 31.0 Å². The molecule has 2 aromatic carbocycles. The van der Waals surface area contributed by atoms with E-state index in [2.05, 4.69) is 0 Å². The molecule has 1 aromatic heterocycles. The molecule has 35 heavy (non-hydrogen) atoms. The molecule has 3 aromatic rings. The molecule has 3 rings (SSSR count). The lowest BCUT2D eigenvalue weighted by Crippen LogP contribution is -2.27. The number of benzene rings is 2. The zero-order valence-corrected chi connectivity index (χ0v) is 19.8. The molecule has 0 aliphatic heterocycles. The SMILES string of the molecule is CCCCc1c(C(F)(F)F)n(CCCC)c(=O)n1Cc1ccc(-c2ccccc2OC(=O)O)cc1. The maximum Gasteiger partial charge on any atom is 0.511 e. The molecule has 0 unspecified atom stereocenters. The van der Waals surface area contributed by atoms with Gasteiger partial charge in [-0.15, -0.1) is 0 Å². The fourth-order valence-electron chi connectivity index (χ4n) is 4.10. The van der Waals surface area contributed by atoms with Crippen molar-refractivity contribution in [3.8, 4) is 16.9 Å². The minimum Gasteiger partial charge on any atom is -0.449 e. The molecule has 0 saturated heterocycles. The monoisotopic (exact) mass is 490 g/mol. The van der Waals surface area contributed by atoms with Gasteiger partial charge in [-0.25, -0.2) is 9.59 Å². The lowest BCUT2D eigenvalue weighted by Gasteiger charge is -2.13. The summed E-state index contributed by atoms with van der Waals surface area (Å²) in [5.74, 6) is 0.175. The maximum absolute atomic E-state index is 14.0. The number of unbranched alkanes of at least 4 members (excludes halogenated alkanes) is 2. The van der Waals surface area contributed by atoms with Crippen LogP contribution < -0.4 is 10.4 Å². The fourth-order valence-corrected chi connectivity index (χ4v) is 4.10. The van der Waals surface area contributed by atoms with Gasteiger partial charge in [0.15, 0.2) is 0 Å². The summed E-state index contributed by atoms with van der Waals surface area (Å²) in [5.41, 5.74) is 0.422. The molecular formula is C26H29F3N2O4. The molecule has 0 spiro atoms. The topological polar surface area (TPSA) is 73.5 Å². The van der Waals surface area contributed by atoms with Gasteiger partial charge in [0.2, 0.25) is 0 Å². The van der Waals surface area contributed by atoms with Crippen LogP contribution >= 0.6 is 0 Å². The highest BCUT2D eigenvalue weighted by molar-refractivity contribution is 5.74. The van der Waals surface area contributed by atoms with E-state index in [1.165, 1.54) is 10.6 Å². The predicted octanol–water partition coefficient (Wildman–Crippen LogP) is 6.58. The number of ether oxygens (including phenoxy) is 1. The molecule has 0 saturated carbocycles. The van der Waals surface area contributed by atoms with E-state index in [1.54, 1.807) is 42.5 Å². The van der Waals surface area contributed by atoms with Gasteiger partial charge in [0.1, 0.15) is 11.4 Å². The van der Waals surface area contributed by atoms with Gasteiger partial charge < -0.3 is 9.84 Å². The number of aromatic nitrogens is 2. The van der Waals surface area contributed by atoms with Crippen molar-refractivity contribution in [2.24, 2.45) is 0 Å². The van der Waals surface area contributed by atoms with Gasteiger partial charge in [-0.3, -0.25) is 9.13 Å². The number of carboxylic acid groups (broad SMARTS) is 1. The molecule has 0 atom stereocenters. The first-order valence-corrected chi connectivity index (χ1v) is 11.7. The molecule has 0 amide bonds. The fraction of sp³-hybridized carbons (Fsp3) is 0.385. The quantitative estimate of drug-likeness (QED) is 0.257. The number of carbonyl (C=O) groups is 1.